The largest absolute Gasteiger partial charge is 0.485 e. The number of quaternary nitrogens is 1. The number of carbonyl (C=O) groups excluding carboxylic acids is 1. The molecule has 3 aromatic rings. The molecule has 2 saturated carbocycles. The van der Waals surface area contributed by atoms with Gasteiger partial charge in [0.1, 0.15) is 12.1 Å². The highest BCUT2D eigenvalue weighted by atomic mass is 16.6. The molecule has 254 valence electrons. The molecule has 3 fully saturated rings. The van der Waals surface area contributed by atoms with E-state index in [1.807, 2.05) is 6.07 Å². The van der Waals surface area contributed by atoms with Crippen molar-refractivity contribution in [1.29, 1.82) is 0 Å². The van der Waals surface area contributed by atoms with Crippen LogP contribution in [0.1, 0.15) is 93.4 Å². The summed E-state index contributed by atoms with van der Waals surface area (Å²) in [6.07, 6.45) is 13.9. The zero-order chi connectivity index (χ0) is 32.8. The maximum Gasteiger partial charge on any atom is 0.308 e. The van der Waals surface area contributed by atoms with Gasteiger partial charge in [-0.1, -0.05) is 73.2 Å². The van der Waals surface area contributed by atoms with Gasteiger partial charge in [-0.25, -0.2) is 4.59 Å². The molecule has 2 N–H and O–H groups in total. The minimum Gasteiger partial charge on any atom is -0.485 e. The minimum absolute atomic E-state index is 0.00394. The van der Waals surface area contributed by atoms with E-state index in [9.17, 15) is 9.90 Å². The van der Waals surface area contributed by atoms with Crippen LogP contribution in [0.5, 0.6) is 11.5 Å². The smallest absolute Gasteiger partial charge is 0.308 e. The zero-order valence-corrected chi connectivity index (χ0v) is 28.7. The van der Waals surface area contributed by atoms with Crippen molar-refractivity contribution >= 4 is 5.97 Å². The first-order chi connectivity index (χ1) is 23.4. The number of hydrogen-bond acceptors (Lipinski definition) is 5. The summed E-state index contributed by atoms with van der Waals surface area (Å²) in [5, 5.41) is 12.5. The molecular weight excluding hydrogens is 596 g/mol. The summed E-state index contributed by atoms with van der Waals surface area (Å²) in [6, 6.07) is 26.1. The lowest BCUT2D eigenvalue weighted by Gasteiger charge is -2.61. The molecule has 6 nitrogen and oxygen atoms in total. The number of esters is 1. The van der Waals surface area contributed by atoms with Crippen LogP contribution in [0.4, 0.5) is 0 Å². The first kappa shape index (κ1) is 32.0. The van der Waals surface area contributed by atoms with E-state index in [1.165, 1.54) is 54.9 Å². The molecule has 1 saturated heterocycles. The van der Waals surface area contributed by atoms with Gasteiger partial charge in [-0.05, 0) is 87.0 Å². The van der Waals surface area contributed by atoms with Crippen molar-refractivity contribution in [3.63, 3.8) is 0 Å². The molecule has 48 heavy (non-hydrogen) atoms. The Kier molecular flexibility index (Phi) is 8.63. The normalized spacial score (nSPS) is 29.4. The van der Waals surface area contributed by atoms with Crippen molar-refractivity contribution < 1.29 is 24.0 Å². The Balaban J connectivity index is 1.06. The third-order valence-corrected chi connectivity index (χ3v) is 12.8. The van der Waals surface area contributed by atoms with Gasteiger partial charge in [0.25, 0.3) is 0 Å². The quantitative estimate of drug-likeness (QED) is 0.0834. The highest BCUT2D eigenvalue weighted by Gasteiger charge is 2.68. The van der Waals surface area contributed by atoms with Crippen LogP contribution in [-0.4, -0.2) is 53.0 Å². The van der Waals surface area contributed by atoms with Gasteiger partial charge in [-0.15, -0.1) is 0 Å². The Hall–Kier alpha value is -3.19. The predicted molar refractivity (Wildman–Crippen MR) is 188 cm³/mol. The molecule has 6 atom stereocenters. The van der Waals surface area contributed by atoms with Gasteiger partial charge < -0.3 is 14.6 Å². The highest BCUT2D eigenvalue weighted by molar-refractivity contribution is 5.72. The number of nitrogens with zero attached hydrogens (tertiary/aromatic N) is 1. The number of ether oxygens (including phenoxy) is 2. The third-order valence-electron chi connectivity index (χ3n) is 12.8. The standard InChI is InChI=1S/C42H53N2O4/c1-30(45)47-37-21-20-34-27-36-35-16-10-17-38-42(35,39(34)40(37)48-38)25-26-44(36,28-33-18-19-33)43-29-41(46,24-22-32-13-6-3-7-14-32)23-9-8-15-31-11-4-2-5-12-31/h2-7,11-14,20-21,33,35-36,38,43,46H,8-10,15-19,22-29H2,1H3/q+1/t35-,36+,38-,41?,42+,44?/m0/s1. The first-order valence-corrected chi connectivity index (χ1v) is 18.8. The van der Waals surface area contributed by atoms with E-state index in [2.05, 4.69) is 72.2 Å². The highest BCUT2D eigenvalue weighted by Crippen LogP contribution is 2.65. The van der Waals surface area contributed by atoms with Crippen molar-refractivity contribution in [3.8, 4) is 11.5 Å². The van der Waals surface area contributed by atoms with Crippen LogP contribution in [0.2, 0.25) is 0 Å². The van der Waals surface area contributed by atoms with E-state index in [-0.39, 0.29) is 17.5 Å². The third kappa shape index (κ3) is 5.99. The van der Waals surface area contributed by atoms with Gasteiger partial charge in [0.15, 0.2) is 11.5 Å². The molecule has 3 aliphatic carbocycles. The number of carbonyl (C=O) groups is 1. The van der Waals surface area contributed by atoms with Crippen LogP contribution in [-0.2, 0) is 29.5 Å². The molecule has 8 rings (SSSR count). The molecule has 2 heterocycles. The van der Waals surface area contributed by atoms with Crippen LogP contribution < -0.4 is 14.9 Å². The summed E-state index contributed by atoms with van der Waals surface area (Å²) < 4.78 is 13.4. The number of aliphatic hydroxyl groups is 1. The molecule has 2 unspecified atom stereocenters. The number of likely N-dealkylation sites (tertiary alicyclic amines) is 1. The molecule has 1 spiro atoms. The molecule has 6 heteroatoms. The second-order valence-corrected chi connectivity index (χ2v) is 15.8. The van der Waals surface area contributed by atoms with Gasteiger partial charge >= 0.3 is 5.97 Å². The van der Waals surface area contributed by atoms with Crippen LogP contribution in [0.25, 0.3) is 0 Å². The fourth-order valence-corrected chi connectivity index (χ4v) is 10.3. The van der Waals surface area contributed by atoms with E-state index >= 15 is 0 Å². The summed E-state index contributed by atoms with van der Waals surface area (Å²) in [4.78, 5) is 12.0. The van der Waals surface area contributed by atoms with Crippen molar-refractivity contribution in [2.75, 3.05) is 19.6 Å². The number of unbranched alkanes of at least 4 members (excludes halogenated alkanes) is 1. The molecule has 0 radical (unpaired) electrons. The van der Waals surface area contributed by atoms with Crippen LogP contribution in [0.15, 0.2) is 72.8 Å². The van der Waals surface area contributed by atoms with Gasteiger partial charge in [0.2, 0.25) is 0 Å². The number of rotatable bonds is 14. The molecule has 2 aliphatic heterocycles. The number of hydrogen-bond donors (Lipinski definition) is 2. The molecular formula is C42H53N2O4+. The van der Waals surface area contributed by atoms with Gasteiger partial charge in [0.05, 0.1) is 30.7 Å². The van der Waals surface area contributed by atoms with Gasteiger partial charge in [0, 0.05) is 37.2 Å². The fourth-order valence-electron chi connectivity index (χ4n) is 10.3. The Bertz CT molecular complexity index is 1610. The molecule has 5 aliphatic rings. The number of aryl methyl sites for hydroxylation is 2. The summed E-state index contributed by atoms with van der Waals surface area (Å²) in [7, 11) is 0. The molecule has 0 aromatic heterocycles. The number of nitrogens with one attached hydrogen (secondary N) is 1. The molecule has 3 aromatic carbocycles. The predicted octanol–water partition coefficient (Wildman–Crippen LogP) is 7.25. The Morgan fingerprint density at radius 3 is 2.44 bits per heavy atom. The van der Waals surface area contributed by atoms with Crippen LogP contribution in [0, 0.1) is 11.8 Å². The zero-order valence-electron chi connectivity index (χ0n) is 28.7. The average Bonchev–Trinajstić information content (AvgIpc) is 3.85. The minimum atomic E-state index is -0.777. The molecule has 2 bridgehead atoms. The van der Waals surface area contributed by atoms with E-state index in [0.29, 0.717) is 24.3 Å². The maximum atomic E-state index is 12.5. The topological polar surface area (TPSA) is 67.8 Å². The maximum absolute atomic E-state index is 12.5. The van der Waals surface area contributed by atoms with E-state index < -0.39 is 5.60 Å². The first-order valence-electron chi connectivity index (χ1n) is 18.8. The van der Waals surface area contributed by atoms with Crippen molar-refractivity contribution in [3.05, 3.63) is 95.1 Å². The second kappa shape index (κ2) is 12.9. The van der Waals surface area contributed by atoms with Crippen molar-refractivity contribution in [2.45, 2.75) is 114 Å². The van der Waals surface area contributed by atoms with Gasteiger partial charge in [-0.2, -0.15) is 5.43 Å². The van der Waals surface area contributed by atoms with Crippen LogP contribution in [0.3, 0.4) is 0 Å². The van der Waals surface area contributed by atoms with Gasteiger partial charge in [-0.3, -0.25) is 4.79 Å². The van der Waals surface area contributed by atoms with E-state index in [0.717, 1.165) is 87.1 Å². The Morgan fingerprint density at radius 1 is 0.958 bits per heavy atom. The summed E-state index contributed by atoms with van der Waals surface area (Å²) in [6.45, 7) is 4.30. The monoisotopic (exact) mass is 649 g/mol. The summed E-state index contributed by atoms with van der Waals surface area (Å²) in [5.41, 5.74) is 8.83. The summed E-state index contributed by atoms with van der Waals surface area (Å²) >= 11 is 0. The van der Waals surface area contributed by atoms with Crippen molar-refractivity contribution in [2.24, 2.45) is 11.8 Å². The van der Waals surface area contributed by atoms with Crippen LogP contribution >= 0.6 is 0 Å². The van der Waals surface area contributed by atoms with Crippen molar-refractivity contribution in [1.82, 2.24) is 5.43 Å². The fraction of sp³-hybridized carbons (Fsp3) is 0.548. The lowest BCUT2D eigenvalue weighted by Crippen LogP contribution is -2.77. The average molecular weight is 650 g/mol. The second-order valence-electron chi connectivity index (χ2n) is 15.8. The van der Waals surface area contributed by atoms with E-state index in [4.69, 9.17) is 9.47 Å². The lowest BCUT2D eigenvalue weighted by molar-refractivity contribution is -1.00. The molecule has 0 amide bonds. The summed E-state index contributed by atoms with van der Waals surface area (Å²) in [5.74, 6) is 2.43. The number of benzene rings is 3. The Labute approximate surface area is 286 Å². The van der Waals surface area contributed by atoms with E-state index in [1.54, 1.807) is 0 Å². The lowest BCUT2D eigenvalue weighted by atomic mass is 9.51. The SMILES string of the molecule is CC(=O)Oc1ccc2c3c1O[C@H]1CCC[C@H]4[C@@H](C2)[N+](CC2CC2)(NCC(O)(CCCCc2ccccc2)CCc2ccccc2)CC[C@]314. The number of piperidine rings is 1. The Morgan fingerprint density at radius 2 is 1.71 bits per heavy atom.